The van der Waals surface area contributed by atoms with Gasteiger partial charge in [0.15, 0.2) is 0 Å². The van der Waals surface area contributed by atoms with E-state index >= 15 is 0 Å². The van der Waals surface area contributed by atoms with Crippen molar-refractivity contribution in [3.8, 4) is 0 Å². The monoisotopic (exact) mass is 315 g/mol. The van der Waals surface area contributed by atoms with Gasteiger partial charge in [-0.3, -0.25) is 4.98 Å². The number of nitrogens with zero attached hydrogens (tertiary/aromatic N) is 2. The van der Waals surface area contributed by atoms with E-state index in [1.165, 1.54) is 0 Å². The van der Waals surface area contributed by atoms with Gasteiger partial charge in [0.2, 0.25) is 0 Å². The number of hydrogen-bond donors (Lipinski definition) is 1. The van der Waals surface area contributed by atoms with Crippen LogP contribution in [0.15, 0.2) is 47.7 Å². The first-order valence-electron chi connectivity index (χ1n) is 7.30. The number of aliphatic imine (C=N–C) groups is 1. The Bertz CT molecular complexity index is 642. The lowest BCUT2D eigenvalue weighted by Crippen LogP contribution is -2.29. The van der Waals surface area contributed by atoms with E-state index in [0.29, 0.717) is 19.2 Å². The Balaban J connectivity index is 1.87. The maximum absolute atomic E-state index is 6.15. The molecule has 114 valence electrons. The highest BCUT2D eigenvalue weighted by atomic mass is 35.5. The van der Waals surface area contributed by atoms with E-state index in [4.69, 9.17) is 16.3 Å². The van der Waals surface area contributed by atoms with Gasteiger partial charge >= 0.3 is 0 Å². The minimum atomic E-state index is 0.137. The van der Waals surface area contributed by atoms with Gasteiger partial charge in [-0.15, -0.1) is 0 Å². The second-order valence-electron chi connectivity index (χ2n) is 5.32. The third-order valence-electron chi connectivity index (χ3n) is 3.59. The van der Waals surface area contributed by atoms with Crippen molar-refractivity contribution in [2.24, 2.45) is 4.99 Å². The molecule has 0 radical (unpaired) electrons. The molecule has 2 heterocycles. The molecule has 2 aromatic rings. The number of rotatable bonds is 4. The lowest BCUT2D eigenvalue weighted by molar-refractivity contribution is 0.331. The largest absolute Gasteiger partial charge is 0.463 e. The maximum atomic E-state index is 6.15. The highest BCUT2D eigenvalue weighted by Gasteiger charge is 2.17. The maximum Gasteiger partial charge on any atom is 0.284 e. The summed E-state index contributed by atoms with van der Waals surface area (Å²) in [5, 5.41) is 4.01. The van der Waals surface area contributed by atoms with E-state index in [0.717, 1.165) is 28.3 Å². The van der Waals surface area contributed by atoms with Crippen LogP contribution >= 0.6 is 11.6 Å². The minimum Gasteiger partial charge on any atom is -0.463 e. The Morgan fingerprint density at radius 1 is 1.27 bits per heavy atom. The lowest BCUT2D eigenvalue weighted by Gasteiger charge is -2.19. The Morgan fingerprint density at radius 3 is 2.91 bits per heavy atom. The molecule has 3 rings (SSSR count). The van der Waals surface area contributed by atoms with Crippen LogP contribution in [-0.2, 0) is 4.74 Å². The van der Waals surface area contributed by atoms with E-state index < -0.39 is 0 Å². The SMILES string of the molecule is Cc1cncc(C(CNC2=NCCO2)c2cccc(Cl)c2)c1. The minimum absolute atomic E-state index is 0.137. The molecule has 1 N–H and O–H groups in total. The molecule has 1 aromatic heterocycles. The predicted molar refractivity (Wildman–Crippen MR) is 88.5 cm³/mol. The standard InChI is InChI=1S/C17H18ClN3O/c1-12-7-14(10-19-9-12)16(11-21-17-20-5-6-22-17)13-3-2-4-15(18)8-13/h2-4,7-10,16H,5-6,11H2,1H3,(H,20,21). The van der Waals surface area contributed by atoms with Crippen LogP contribution in [0.2, 0.25) is 5.02 Å². The van der Waals surface area contributed by atoms with Gasteiger partial charge in [0.05, 0.1) is 6.54 Å². The van der Waals surface area contributed by atoms with Crippen LogP contribution in [0.4, 0.5) is 0 Å². The molecular formula is C17H18ClN3O. The first kappa shape index (κ1) is 14.9. The number of benzene rings is 1. The van der Waals surface area contributed by atoms with Crippen LogP contribution < -0.4 is 5.32 Å². The molecule has 0 saturated heterocycles. The molecule has 1 aliphatic heterocycles. The van der Waals surface area contributed by atoms with Crippen molar-refractivity contribution in [2.75, 3.05) is 19.7 Å². The summed E-state index contributed by atoms with van der Waals surface area (Å²) in [6, 6.07) is 10.7. The predicted octanol–water partition coefficient (Wildman–Crippen LogP) is 3.15. The molecule has 1 aliphatic rings. The third kappa shape index (κ3) is 3.57. The fourth-order valence-corrected chi connectivity index (χ4v) is 2.75. The van der Waals surface area contributed by atoms with Crippen LogP contribution in [0.25, 0.3) is 0 Å². The van der Waals surface area contributed by atoms with Gasteiger partial charge in [-0.05, 0) is 35.7 Å². The van der Waals surface area contributed by atoms with Crippen molar-refractivity contribution in [1.29, 1.82) is 0 Å². The lowest BCUT2D eigenvalue weighted by atomic mass is 9.92. The average Bonchev–Trinajstić information content (AvgIpc) is 3.01. The number of pyridine rings is 1. The third-order valence-corrected chi connectivity index (χ3v) is 3.83. The zero-order valence-electron chi connectivity index (χ0n) is 12.4. The topological polar surface area (TPSA) is 46.5 Å². The number of halogens is 1. The van der Waals surface area contributed by atoms with E-state index in [1.807, 2.05) is 37.5 Å². The molecule has 22 heavy (non-hydrogen) atoms. The van der Waals surface area contributed by atoms with Crippen LogP contribution in [0.5, 0.6) is 0 Å². The highest BCUT2D eigenvalue weighted by molar-refractivity contribution is 6.30. The molecule has 0 spiro atoms. The molecule has 4 nitrogen and oxygen atoms in total. The van der Waals surface area contributed by atoms with Gasteiger partial charge in [0.25, 0.3) is 6.02 Å². The first-order valence-corrected chi connectivity index (χ1v) is 7.68. The fraction of sp³-hybridized carbons (Fsp3) is 0.294. The second-order valence-corrected chi connectivity index (χ2v) is 5.76. The van der Waals surface area contributed by atoms with Gasteiger partial charge in [-0.1, -0.05) is 29.8 Å². The van der Waals surface area contributed by atoms with Gasteiger partial charge in [0.1, 0.15) is 6.61 Å². The number of hydrogen-bond acceptors (Lipinski definition) is 4. The number of aryl methyl sites for hydroxylation is 1. The summed E-state index contributed by atoms with van der Waals surface area (Å²) in [5.41, 5.74) is 3.43. The first-order chi connectivity index (χ1) is 10.7. The van der Waals surface area contributed by atoms with Crippen molar-refractivity contribution < 1.29 is 4.74 Å². The quantitative estimate of drug-likeness (QED) is 0.942. The average molecular weight is 316 g/mol. The second kappa shape index (κ2) is 6.79. The summed E-state index contributed by atoms with van der Waals surface area (Å²) in [7, 11) is 0. The summed E-state index contributed by atoms with van der Waals surface area (Å²) >= 11 is 6.15. The summed E-state index contributed by atoms with van der Waals surface area (Å²) in [4.78, 5) is 8.58. The van der Waals surface area contributed by atoms with Gasteiger partial charge in [-0.2, -0.15) is 0 Å². The van der Waals surface area contributed by atoms with E-state index in [2.05, 4.69) is 27.4 Å². The molecular weight excluding hydrogens is 298 g/mol. The number of aromatic nitrogens is 1. The van der Waals surface area contributed by atoms with Crippen molar-refractivity contribution in [3.63, 3.8) is 0 Å². The number of amidine groups is 1. The molecule has 0 bridgehead atoms. The highest BCUT2D eigenvalue weighted by Crippen LogP contribution is 2.26. The zero-order chi connectivity index (χ0) is 15.4. The van der Waals surface area contributed by atoms with Gasteiger partial charge in [0, 0.05) is 29.9 Å². The van der Waals surface area contributed by atoms with Crippen LogP contribution in [0.1, 0.15) is 22.6 Å². The molecule has 1 atom stereocenters. The zero-order valence-corrected chi connectivity index (χ0v) is 13.2. The summed E-state index contributed by atoms with van der Waals surface area (Å²) in [6.45, 7) is 4.10. The van der Waals surface area contributed by atoms with E-state index in [1.54, 1.807) is 0 Å². The Kier molecular flexibility index (Phi) is 4.59. The van der Waals surface area contributed by atoms with Crippen molar-refractivity contribution in [1.82, 2.24) is 10.3 Å². The molecule has 0 fully saturated rings. The Hall–Kier alpha value is -2.07. The molecule has 5 heteroatoms. The van der Waals surface area contributed by atoms with E-state index in [9.17, 15) is 0 Å². The Morgan fingerprint density at radius 2 is 2.18 bits per heavy atom. The number of nitrogens with one attached hydrogen (secondary N) is 1. The summed E-state index contributed by atoms with van der Waals surface area (Å²) in [5.74, 6) is 0.137. The van der Waals surface area contributed by atoms with Crippen molar-refractivity contribution >= 4 is 17.6 Å². The van der Waals surface area contributed by atoms with Crippen molar-refractivity contribution in [3.05, 3.63) is 64.4 Å². The van der Waals surface area contributed by atoms with E-state index in [-0.39, 0.29) is 5.92 Å². The Labute approximate surface area is 135 Å². The van der Waals surface area contributed by atoms with Crippen LogP contribution in [-0.4, -0.2) is 30.7 Å². The molecule has 1 aromatic carbocycles. The van der Waals surface area contributed by atoms with Crippen LogP contribution in [0.3, 0.4) is 0 Å². The molecule has 0 amide bonds. The molecule has 0 aliphatic carbocycles. The fourth-order valence-electron chi connectivity index (χ4n) is 2.55. The van der Waals surface area contributed by atoms with Gasteiger partial charge in [-0.25, -0.2) is 4.99 Å². The molecule has 1 unspecified atom stereocenters. The van der Waals surface area contributed by atoms with Crippen molar-refractivity contribution in [2.45, 2.75) is 12.8 Å². The normalized spacial score (nSPS) is 15.1. The summed E-state index contributed by atoms with van der Waals surface area (Å²) in [6.07, 6.45) is 3.76. The van der Waals surface area contributed by atoms with Gasteiger partial charge < -0.3 is 10.1 Å². The number of ether oxygens (including phenoxy) is 1. The molecule has 0 saturated carbocycles. The summed E-state index contributed by atoms with van der Waals surface area (Å²) < 4.78 is 5.42. The van der Waals surface area contributed by atoms with Crippen LogP contribution in [0, 0.1) is 6.92 Å². The smallest absolute Gasteiger partial charge is 0.284 e.